The van der Waals surface area contributed by atoms with Gasteiger partial charge in [0.2, 0.25) is 0 Å². The third-order valence-electron chi connectivity index (χ3n) is 1.94. The summed E-state index contributed by atoms with van der Waals surface area (Å²) < 4.78 is 31.9. The summed E-state index contributed by atoms with van der Waals surface area (Å²) in [7, 11) is -3.60. The first kappa shape index (κ1) is 13.5. The first-order valence-electron chi connectivity index (χ1n) is 4.95. The monoisotopic (exact) mass is 258 g/mol. The summed E-state index contributed by atoms with van der Waals surface area (Å²) in [5.41, 5.74) is 0.508. The van der Waals surface area contributed by atoms with Crippen LogP contribution in [-0.2, 0) is 19.6 Å². The lowest BCUT2D eigenvalue weighted by Gasteiger charge is -2.15. The molecule has 0 bridgehead atoms. The quantitative estimate of drug-likeness (QED) is 0.606. The van der Waals surface area contributed by atoms with E-state index in [9.17, 15) is 13.2 Å². The van der Waals surface area contributed by atoms with Crippen LogP contribution in [0.5, 0.6) is 5.75 Å². The third kappa shape index (κ3) is 4.44. The van der Waals surface area contributed by atoms with E-state index in [-0.39, 0.29) is 5.75 Å². The Morgan fingerprint density at radius 2 is 1.88 bits per heavy atom. The molecule has 94 valence electrons. The maximum absolute atomic E-state index is 11.1. The van der Waals surface area contributed by atoms with Crippen LogP contribution in [0, 0.1) is 0 Å². The fraction of sp³-hybridized carbons (Fsp3) is 0.364. The van der Waals surface area contributed by atoms with Crippen molar-refractivity contribution in [3.05, 3.63) is 29.8 Å². The summed E-state index contributed by atoms with van der Waals surface area (Å²) in [6.07, 6.45) is 0.394. The van der Waals surface area contributed by atoms with E-state index in [4.69, 9.17) is 8.92 Å². The highest BCUT2D eigenvalue weighted by molar-refractivity contribution is 7.86. The zero-order chi connectivity index (χ0) is 13.1. The molecule has 0 aliphatic carbocycles. The molecule has 1 unspecified atom stereocenters. The summed E-state index contributed by atoms with van der Waals surface area (Å²) in [4.78, 5) is 10.8. The van der Waals surface area contributed by atoms with Gasteiger partial charge in [0, 0.05) is 12.5 Å². The Hall–Kier alpha value is -1.56. The van der Waals surface area contributed by atoms with Crippen molar-refractivity contribution < 1.29 is 22.1 Å². The molecule has 0 aromatic heterocycles. The smallest absolute Gasteiger partial charge is 0.306 e. The minimum atomic E-state index is -3.60. The molecule has 1 rings (SSSR count). The molecule has 0 aliphatic rings. The molecule has 0 radical (unpaired) electrons. The number of carbonyl (C=O) groups is 1. The summed E-state index contributed by atoms with van der Waals surface area (Å²) in [5, 5.41) is 0. The topological polar surface area (TPSA) is 69.7 Å². The standard InChI is InChI=1S/C11H14O5S/c1-8(15-9(2)12)10-6-4-5-7-11(10)16-17(3,13)14/h4-8H,1-3H3. The minimum absolute atomic E-state index is 0.170. The van der Waals surface area contributed by atoms with Crippen molar-refractivity contribution in [1.29, 1.82) is 0 Å². The van der Waals surface area contributed by atoms with E-state index >= 15 is 0 Å². The van der Waals surface area contributed by atoms with Gasteiger partial charge >= 0.3 is 16.1 Å². The van der Waals surface area contributed by atoms with Crippen LogP contribution in [0.25, 0.3) is 0 Å². The van der Waals surface area contributed by atoms with Crippen molar-refractivity contribution in [3.8, 4) is 5.75 Å². The summed E-state index contributed by atoms with van der Waals surface area (Å²) in [6, 6.07) is 6.51. The van der Waals surface area contributed by atoms with Gasteiger partial charge in [-0.3, -0.25) is 4.79 Å². The number of para-hydroxylation sites is 1. The van der Waals surface area contributed by atoms with Gasteiger partial charge in [0.05, 0.1) is 6.26 Å². The van der Waals surface area contributed by atoms with Crippen molar-refractivity contribution in [1.82, 2.24) is 0 Å². The maximum Gasteiger partial charge on any atom is 0.306 e. The zero-order valence-electron chi connectivity index (χ0n) is 9.84. The van der Waals surface area contributed by atoms with Crippen molar-refractivity contribution >= 4 is 16.1 Å². The highest BCUT2D eigenvalue weighted by Crippen LogP contribution is 2.28. The SMILES string of the molecule is CC(=O)OC(C)c1ccccc1OS(C)(=O)=O. The molecular weight excluding hydrogens is 244 g/mol. The number of esters is 1. The van der Waals surface area contributed by atoms with Gasteiger partial charge in [0.1, 0.15) is 11.9 Å². The Kier molecular flexibility index (Phi) is 4.11. The second-order valence-corrected chi connectivity index (χ2v) is 5.15. The summed E-state index contributed by atoms with van der Waals surface area (Å²) in [5.74, 6) is -0.268. The van der Waals surface area contributed by atoms with Crippen LogP contribution in [0.4, 0.5) is 0 Å². The van der Waals surface area contributed by atoms with E-state index in [2.05, 4.69) is 0 Å². The number of rotatable bonds is 4. The number of hydrogen-bond donors (Lipinski definition) is 0. The van der Waals surface area contributed by atoms with Gasteiger partial charge in [0.15, 0.2) is 0 Å². The molecule has 17 heavy (non-hydrogen) atoms. The first-order valence-corrected chi connectivity index (χ1v) is 6.77. The van der Waals surface area contributed by atoms with Gasteiger partial charge < -0.3 is 8.92 Å². The molecule has 6 heteroatoms. The van der Waals surface area contributed by atoms with Crippen LogP contribution in [0.15, 0.2) is 24.3 Å². The molecule has 0 fully saturated rings. The Morgan fingerprint density at radius 1 is 1.29 bits per heavy atom. The van der Waals surface area contributed by atoms with E-state index in [0.29, 0.717) is 5.56 Å². The lowest BCUT2D eigenvalue weighted by Crippen LogP contribution is -2.11. The lowest BCUT2D eigenvalue weighted by atomic mass is 10.1. The molecular formula is C11H14O5S. The second kappa shape index (κ2) is 5.18. The van der Waals surface area contributed by atoms with Gasteiger partial charge in [-0.25, -0.2) is 0 Å². The normalized spacial score (nSPS) is 12.9. The van der Waals surface area contributed by atoms with Gasteiger partial charge in [-0.15, -0.1) is 0 Å². The van der Waals surface area contributed by atoms with Gasteiger partial charge in [0.25, 0.3) is 0 Å². The summed E-state index contributed by atoms with van der Waals surface area (Å²) in [6.45, 7) is 2.93. The van der Waals surface area contributed by atoms with E-state index in [1.54, 1.807) is 25.1 Å². The van der Waals surface area contributed by atoms with Gasteiger partial charge in [-0.05, 0) is 13.0 Å². The maximum atomic E-state index is 11.1. The molecule has 0 saturated heterocycles. The summed E-state index contributed by atoms with van der Waals surface area (Å²) >= 11 is 0. The molecule has 5 nitrogen and oxygen atoms in total. The molecule has 1 atom stereocenters. The van der Waals surface area contributed by atoms with Crippen LogP contribution in [0.3, 0.4) is 0 Å². The minimum Gasteiger partial charge on any atom is -0.458 e. The molecule has 0 aliphatic heterocycles. The molecule has 0 spiro atoms. The van der Waals surface area contributed by atoms with Crippen LogP contribution >= 0.6 is 0 Å². The average molecular weight is 258 g/mol. The second-order valence-electron chi connectivity index (χ2n) is 3.58. The predicted molar refractivity (Wildman–Crippen MR) is 62.1 cm³/mol. The van der Waals surface area contributed by atoms with E-state index in [1.807, 2.05) is 0 Å². The molecule has 0 heterocycles. The molecule has 1 aromatic carbocycles. The Bertz CT molecular complexity index is 506. The van der Waals surface area contributed by atoms with Crippen LogP contribution in [-0.4, -0.2) is 20.6 Å². The van der Waals surface area contributed by atoms with Crippen molar-refractivity contribution in [3.63, 3.8) is 0 Å². The molecule has 0 N–H and O–H groups in total. The average Bonchev–Trinajstić information content (AvgIpc) is 2.14. The van der Waals surface area contributed by atoms with Gasteiger partial charge in [-0.1, -0.05) is 18.2 Å². The Balaban J connectivity index is 3.03. The number of hydrogen-bond acceptors (Lipinski definition) is 5. The molecule has 0 saturated carbocycles. The lowest BCUT2D eigenvalue weighted by molar-refractivity contribution is -0.145. The molecule has 0 amide bonds. The van der Waals surface area contributed by atoms with Crippen LogP contribution < -0.4 is 4.18 Å². The largest absolute Gasteiger partial charge is 0.458 e. The van der Waals surface area contributed by atoms with Crippen LogP contribution in [0.1, 0.15) is 25.5 Å². The fourth-order valence-corrected chi connectivity index (χ4v) is 1.85. The Labute approximate surface area is 100 Å². The predicted octanol–water partition coefficient (Wildman–Crippen LogP) is 1.65. The van der Waals surface area contributed by atoms with E-state index in [1.165, 1.54) is 13.0 Å². The Morgan fingerprint density at radius 3 is 2.41 bits per heavy atom. The number of ether oxygens (including phenoxy) is 1. The highest BCUT2D eigenvalue weighted by Gasteiger charge is 2.16. The van der Waals surface area contributed by atoms with Gasteiger partial charge in [-0.2, -0.15) is 8.42 Å². The van der Waals surface area contributed by atoms with Crippen molar-refractivity contribution in [2.24, 2.45) is 0 Å². The highest BCUT2D eigenvalue weighted by atomic mass is 32.2. The fourth-order valence-electron chi connectivity index (χ4n) is 1.37. The first-order chi connectivity index (χ1) is 7.79. The van der Waals surface area contributed by atoms with E-state index in [0.717, 1.165) is 6.26 Å². The number of carbonyl (C=O) groups excluding carboxylic acids is 1. The van der Waals surface area contributed by atoms with Crippen molar-refractivity contribution in [2.75, 3.05) is 6.26 Å². The van der Waals surface area contributed by atoms with E-state index < -0.39 is 22.2 Å². The molecule has 1 aromatic rings. The van der Waals surface area contributed by atoms with Crippen LogP contribution in [0.2, 0.25) is 0 Å². The zero-order valence-corrected chi connectivity index (χ0v) is 10.7. The van der Waals surface area contributed by atoms with Crippen molar-refractivity contribution in [2.45, 2.75) is 20.0 Å². The third-order valence-corrected chi connectivity index (χ3v) is 2.42. The number of benzene rings is 1.